The molecule has 8 nitrogen and oxygen atoms in total. The summed E-state index contributed by atoms with van der Waals surface area (Å²) in [7, 11) is -3.44. The number of nitrogen functional groups attached to an aromatic ring is 1. The number of nitrogens with zero attached hydrogens (tertiary/aromatic N) is 2. The maximum absolute atomic E-state index is 10.9. The summed E-state index contributed by atoms with van der Waals surface area (Å²) in [6, 6.07) is 7.45. The molecule has 0 bridgehead atoms. The fraction of sp³-hybridized carbons (Fsp3) is 0.273. The minimum atomic E-state index is -3.44. The van der Waals surface area contributed by atoms with Crippen LogP contribution in [-0.4, -0.2) is 30.7 Å². The predicted molar refractivity (Wildman–Crippen MR) is 78.4 cm³/mol. The average Bonchev–Trinajstić information content (AvgIpc) is 2.42. The molecule has 0 saturated heterocycles. The van der Waals surface area contributed by atoms with Crippen LogP contribution in [-0.2, 0) is 10.0 Å². The van der Waals surface area contributed by atoms with Gasteiger partial charge in [0.2, 0.25) is 16.0 Å². The number of para-hydroxylation sites is 1. The van der Waals surface area contributed by atoms with Crippen LogP contribution in [0.2, 0.25) is 0 Å². The summed E-state index contributed by atoms with van der Waals surface area (Å²) < 4.78 is 21.7. The molecule has 0 fully saturated rings. The van der Waals surface area contributed by atoms with Crippen LogP contribution >= 0.6 is 0 Å². The van der Waals surface area contributed by atoms with Crippen LogP contribution in [0.15, 0.2) is 24.3 Å². The van der Waals surface area contributed by atoms with Gasteiger partial charge in [0.1, 0.15) is 5.82 Å². The summed E-state index contributed by atoms with van der Waals surface area (Å²) in [5.41, 5.74) is 3.14. The number of hydrogen-bond acceptors (Lipinski definition) is 7. The molecular weight excluding hydrogens is 280 g/mol. The van der Waals surface area contributed by atoms with Gasteiger partial charge in [-0.1, -0.05) is 12.1 Å². The first-order chi connectivity index (χ1) is 9.49. The first kappa shape index (κ1) is 14.4. The summed E-state index contributed by atoms with van der Waals surface area (Å²) in [6.07, 6.45) is 0.391. The summed E-state index contributed by atoms with van der Waals surface area (Å²) in [5.74, 6) is 6.13. The smallest absolute Gasteiger partial charge is 0.239 e. The van der Waals surface area contributed by atoms with E-state index in [2.05, 4.69) is 20.7 Å². The molecule has 0 atom stereocenters. The molecule has 2 rings (SSSR count). The highest BCUT2D eigenvalue weighted by Crippen LogP contribution is 2.21. The summed E-state index contributed by atoms with van der Waals surface area (Å²) in [6.45, 7) is 0.432. The zero-order chi connectivity index (χ0) is 14.6. The molecule has 0 aliphatic carbocycles. The van der Waals surface area contributed by atoms with E-state index in [0.29, 0.717) is 18.8 Å². The van der Waals surface area contributed by atoms with Gasteiger partial charge >= 0.3 is 0 Å². The number of sulfonamides is 1. The lowest BCUT2D eigenvalue weighted by atomic mass is 10.2. The van der Waals surface area contributed by atoms with E-state index in [-0.39, 0.29) is 11.7 Å². The zero-order valence-corrected chi connectivity index (χ0v) is 11.5. The van der Waals surface area contributed by atoms with Crippen molar-refractivity contribution in [2.45, 2.75) is 6.42 Å². The minimum Gasteiger partial charge on any atom is -0.369 e. The van der Waals surface area contributed by atoms with E-state index in [1.54, 1.807) is 0 Å². The molecule has 0 amide bonds. The molecule has 20 heavy (non-hydrogen) atoms. The van der Waals surface area contributed by atoms with Gasteiger partial charge in [-0.25, -0.2) is 24.4 Å². The van der Waals surface area contributed by atoms with Gasteiger partial charge in [0.05, 0.1) is 11.3 Å². The van der Waals surface area contributed by atoms with Crippen LogP contribution in [0.3, 0.4) is 0 Å². The highest BCUT2D eigenvalue weighted by molar-refractivity contribution is 7.89. The molecule has 0 aliphatic rings. The number of anilines is 2. The van der Waals surface area contributed by atoms with Crippen LogP contribution < -0.4 is 21.7 Å². The van der Waals surface area contributed by atoms with Gasteiger partial charge < -0.3 is 5.32 Å². The number of hydrogen-bond donors (Lipinski definition) is 4. The van der Waals surface area contributed by atoms with Gasteiger partial charge in [0.25, 0.3) is 0 Å². The van der Waals surface area contributed by atoms with Crippen LogP contribution in [0.5, 0.6) is 0 Å². The van der Waals surface area contributed by atoms with Crippen molar-refractivity contribution in [3.05, 3.63) is 24.3 Å². The Hall–Kier alpha value is -1.97. The molecule has 0 unspecified atom stereocenters. The maximum atomic E-state index is 10.9. The van der Waals surface area contributed by atoms with Gasteiger partial charge in [-0.2, -0.15) is 4.98 Å². The lowest BCUT2D eigenvalue weighted by molar-refractivity contribution is 0.596. The molecule has 6 N–H and O–H groups in total. The van der Waals surface area contributed by atoms with E-state index < -0.39 is 10.0 Å². The van der Waals surface area contributed by atoms with Crippen LogP contribution in [0.1, 0.15) is 6.42 Å². The Morgan fingerprint density at radius 1 is 1.20 bits per heavy atom. The molecule has 1 aromatic carbocycles. The number of hydrazine groups is 1. The second-order valence-electron chi connectivity index (χ2n) is 4.20. The second-order valence-corrected chi connectivity index (χ2v) is 5.94. The summed E-state index contributed by atoms with van der Waals surface area (Å²) >= 11 is 0. The third kappa shape index (κ3) is 3.76. The lowest BCUT2D eigenvalue weighted by Crippen LogP contribution is -2.19. The van der Waals surface area contributed by atoms with E-state index >= 15 is 0 Å². The number of nitrogens with one attached hydrogen (secondary N) is 2. The third-order valence-electron chi connectivity index (χ3n) is 2.63. The molecule has 9 heteroatoms. The van der Waals surface area contributed by atoms with E-state index in [1.165, 1.54) is 0 Å². The SMILES string of the molecule is NNc1nc(NCCCS(N)(=O)=O)c2ccccc2n1. The monoisotopic (exact) mass is 296 g/mol. The largest absolute Gasteiger partial charge is 0.369 e. The highest BCUT2D eigenvalue weighted by Gasteiger charge is 2.07. The maximum Gasteiger partial charge on any atom is 0.239 e. The molecule has 0 radical (unpaired) electrons. The van der Waals surface area contributed by atoms with Gasteiger partial charge in [0.15, 0.2) is 0 Å². The molecule has 0 saturated carbocycles. The highest BCUT2D eigenvalue weighted by atomic mass is 32.2. The first-order valence-corrected chi connectivity index (χ1v) is 7.69. The van der Waals surface area contributed by atoms with Crippen molar-refractivity contribution < 1.29 is 8.42 Å². The number of primary sulfonamides is 1. The molecule has 2 aromatic rings. The van der Waals surface area contributed by atoms with E-state index in [9.17, 15) is 8.42 Å². The average molecular weight is 296 g/mol. The van der Waals surface area contributed by atoms with Crippen molar-refractivity contribution in [2.75, 3.05) is 23.0 Å². The molecule has 0 aliphatic heterocycles. The molecule has 108 valence electrons. The fourth-order valence-corrected chi connectivity index (χ4v) is 2.30. The Labute approximate surface area is 116 Å². The predicted octanol–water partition coefficient (Wildman–Crippen LogP) is 0.00590. The number of benzene rings is 1. The van der Waals surface area contributed by atoms with Crippen molar-refractivity contribution >= 4 is 32.7 Å². The van der Waals surface area contributed by atoms with Gasteiger partial charge in [0, 0.05) is 11.9 Å². The normalized spacial score (nSPS) is 11.5. The third-order valence-corrected chi connectivity index (χ3v) is 3.49. The number of nitrogens with two attached hydrogens (primary N) is 2. The molecular formula is C11H16N6O2S. The quantitative estimate of drug-likeness (QED) is 0.335. The Morgan fingerprint density at radius 2 is 1.95 bits per heavy atom. The van der Waals surface area contributed by atoms with Crippen molar-refractivity contribution in [3.63, 3.8) is 0 Å². The lowest BCUT2D eigenvalue weighted by Gasteiger charge is -2.10. The van der Waals surface area contributed by atoms with Crippen molar-refractivity contribution in [2.24, 2.45) is 11.0 Å². The zero-order valence-electron chi connectivity index (χ0n) is 10.7. The number of fused-ring (bicyclic) bond motifs is 1. The second kappa shape index (κ2) is 5.99. The molecule has 0 spiro atoms. The minimum absolute atomic E-state index is 0.0784. The van der Waals surface area contributed by atoms with Gasteiger partial charge in [-0.15, -0.1) is 0 Å². The topological polar surface area (TPSA) is 136 Å². The molecule has 1 aromatic heterocycles. The Bertz CT molecular complexity index is 703. The number of rotatable bonds is 6. The number of aromatic nitrogens is 2. The van der Waals surface area contributed by atoms with Crippen LogP contribution in [0.25, 0.3) is 10.9 Å². The van der Waals surface area contributed by atoms with Crippen molar-refractivity contribution in [1.29, 1.82) is 0 Å². The Morgan fingerprint density at radius 3 is 2.65 bits per heavy atom. The standard InChI is InChI=1S/C11H16N6O2S/c12-17-11-15-9-5-2-1-4-8(9)10(16-11)14-6-3-7-20(13,18)19/h1-2,4-5H,3,6-7,12H2,(H2,13,18,19)(H2,14,15,16,17). The van der Waals surface area contributed by atoms with E-state index in [1.807, 2.05) is 24.3 Å². The van der Waals surface area contributed by atoms with Gasteiger partial charge in [-0.3, -0.25) is 5.43 Å². The van der Waals surface area contributed by atoms with E-state index in [4.69, 9.17) is 11.0 Å². The van der Waals surface area contributed by atoms with Crippen molar-refractivity contribution in [1.82, 2.24) is 9.97 Å². The van der Waals surface area contributed by atoms with Gasteiger partial charge in [-0.05, 0) is 18.6 Å². The van der Waals surface area contributed by atoms with Crippen LogP contribution in [0.4, 0.5) is 11.8 Å². The molecule has 1 heterocycles. The van der Waals surface area contributed by atoms with Crippen LogP contribution in [0, 0.1) is 0 Å². The Kier molecular flexibility index (Phi) is 4.32. The first-order valence-electron chi connectivity index (χ1n) is 5.97. The fourth-order valence-electron chi connectivity index (χ4n) is 1.76. The van der Waals surface area contributed by atoms with E-state index in [0.717, 1.165) is 10.9 Å². The summed E-state index contributed by atoms with van der Waals surface area (Å²) in [5, 5.41) is 8.85. The van der Waals surface area contributed by atoms with Crippen molar-refractivity contribution in [3.8, 4) is 0 Å². The Balaban J connectivity index is 2.16. The summed E-state index contributed by atoms with van der Waals surface area (Å²) in [4.78, 5) is 8.43.